The van der Waals surface area contributed by atoms with Gasteiger partial charge in [0.05, 0.1) is 6.42 Å². The zero-order valence-corrected chi connectivity index (χ0v) is 6.33. The Kier molecular flexibility index (Phi) is 1.57. The van der Waals surface area contributed by atoms with Crippen molar-refractivity contribution in [3.05, 3.63) is 41.9 Å². The van der Waals surface area contributed by atoms with Crippen LogP contribution in [0.15, 0.2) is 24.3 Å². The monoisotopic (exact) mass is 164 g/mol. The van der Waals surface area contributed by atoms with E-state index in [1.54, 1.807) is 6.07 Å². The Bertz CT molecular complexity index is 324. The van der Waals surface area contributed by atoms with Crippen LogP contribution in [0.5, 0.6) is 0 Å². The SMILES string of the molecule is O=C1Cc2ccccc2[CH]N1F. The van der Waals surface area contributed by atoms with Crippen LogP contribution >= 0.6 is 0 Å². The molecular formula is C9H7FNO. The van der Waals surface area contributed by atoms with E-state index in [-0.39, 0.29) is 11.5 Å². The Morgan fingerprint density at radius 1 is 1.33 bits per heavy atom. The molecule has 0 atom stereocenters. The van der Waals surface area contributed by atoms with Crippen molar-refractivity contribution in [1.82, 2.24) is 5.12 Å². The van der Waals surface area contributed by atoms with E-state index < -0.39 is 5.91 Å². The van der Waals surface area contributed by atoms with Crippen LogP contribution in [0.1, 0.15) is 11.1 Å². The Labute approximate surface area is 69.5 Å². The van der Waals surface area contributed by atoms with Crippen molar-refractivity contribution in [3.63, 3.8) is 0 Å². The van der Waals surface area contributed by atoms with Crippen molar-refractivity contribution in [1.29, 1.82) is 0 Å². The van der Waals surface area contributed by atoms with E-state index in [9.17, 15) is 9.28 Å². The summed E-state index contributed by atoms with van der Waals surface area (Å²) in [5.74, 6) is -0.506. The number of benzene rings is 1. The summed E-state index contributed by atoms with van der Waals surface area (Å²) in [7, 11) is 0. The molecule has 0 saturated carbocycles. The molecule has 61 valence electrons. The van der Waals surface area contributed by atoms with E-state index in [0.717, 1.165) is 11.1 Å². The molecule has 0 fully saturated rings. The van der Waals surface area contributed by atoms with Crippen LogP contribution < -0.4 is 0 Å². The molecule has 1 radical (unpaired) electrons. The number of amides is 1. The molecule has 2 nitrogen and oxygen atoms in total. The van der Waals surface area contributed by atoms with Gasteiger partial charge in [0.15, 0.2) is 0 Å². The van der Waals surface area contributed by atoms with Gasteiger partial charge in [-0.1, -0.05) is 28.7 Å². The third-order valence-corrected chi connectivity index (χ3v) is 1.89. The van der Waals surface area contributed by atoms with Crippen molar-refractivity contribution in [2.24, 2.45) is 0 Å². The zero-order chi connectivity index (χ0) is 8.55. The third-order valence-electron chi connectivity index (χ3n) is 1.89. The predicted octanol–water partition coefficient (Wildman–Crippen LogP) is 1.47. The number of hydrogen-bond donors (Lipinski definition) is 0. The van der Waals surface area contributed by atoms with E-state index in [1.807, 2.05) is 18.2 Å². The van der Waals surface area contributed by atoms with Crippen LogP contribution in [0, 0.1) is 6.54 Å². The summed E-state index contributed by atoms with van der Waals surface area (Å²) in [6.45, 7) is 1.21. The van der Waals surface area contributed by atoms with Gasteiger partial charge >= 0.3 is 0 Å². The number of carbonyl (C=O) groups excluding carboxylic acids is 1. The Morgan fingerprint density at radius 3 is 2.92 bits per heavy atom. The van der Waals surface area contributed by atoms with Gasteiger partial charge in [-0.05, 0) is 11.1 Å². The molecule has 3 heteroatoms. The highest BCUT2D eigenvalue weighted by molar-refractivity contribution is 5.81. The van der Waals surface area contributed by atoms with Crippen LogP contribution in [-0.2, 0) is 11.2 Å². The molecule has 0 spiro atoms. The smallest absolute Gasteiger partial charge is 0.255 e. The molecule has 0 N–H and O–H groups in total. The van der Waals surface area contributed by atoms with Crippen molar-refractivity contribution in [2.45, 2.75) is 6.42 Å². The molecular weight excluding hydrogens is 157 g/mol. The summed E-state index contributed by atoms with van der Waals surface area (Å²) in [6, 6.07) is 7.28. The number of nitrogens with zero attached hydrogens (tertiary/aromatic N) is 1. The lowest BCUT2D eigenvalue weighted by Crippen LogP contribution is -2.27. The fourth-order valence-corrected chi connectivity index (χ4v) is 1.25. The summed E-state index contributed by atoms with van der Waals surface area (Å²) < 4.78 is 12.7. The normalized spacial score (nSPS) is 16.1. The summed E-state index contributed by atoms with van der Waals surface area (Å²) in [5, 5.41) is 0.141. The number of fused-ring (bicyclic) bond motifs is 1. The molecule has 1 heterocycles. The number of rotatable bonds is 0. The lowest BCUT2D eigenvalue weighted by atomic mass is 10.0. The molecule has 0 saturated heterocycles. The quantitative estimate of drug-likeness (QED) is 0.531. The van der Waals surface area contributed by atoms with Gasteiger partial charge in [0.1, 0.15) is 6.54 Å². The van der Waals surface area contributed by atoms with Crippen molar-refractivity contribution in [2.75, 3.05) is 0 Å². The molecule has 1 amide bonds. The maximum Gasteiger partial charge on any atom is 0.255 e. The molecule has 1 aromatic rings. The second-order valence-electron chi connectivity index (χ2n) is 2.71. The van der Waals surface area contributed by atoms with Crippen molar-refractivity contribution in [3.8, 4) is 0 Å². The largest absolute Gasteiger partial charge is 0.272 e. The molecule has 0 aromatic heterocycles. The molecule has 12 heavy (non-hydrogen) atoms. The Morgan fingerprint density at radius 2 is 2.08 bits per heavy atom. The summed E-state index contributed by atoms with van der Waals surface area (Å²) in [5.41, 5.74) is 1.66. The second kappa shape index (κ2) is 2.59. The summed E-state index contributed by atoms with van der Waals surface area (Å²) >= 11 is 0. The molecule has 1 aliphatic rings. The molecule has 2 rings (SSSR count). The van der Waals surface area contributed by atoms with Crippen LogP contribution in [0.2, 0.25) is 0 Å². The second-order valence-corrected chi connectivity index (χ2v) is 2.71. The van der Waals surface area contributed by atoms with E-state index in [0.29, 0.717) is 0 Å². The first-order chi connectivity index (χ1) is 5.77. The third kappa shape index (κ3) is 1.07. The number of halogens is 1. The molecule has 0 aliphatic carbocycles. The lowest BCUT2D eigenvalue weighted by molar-refractivity contribution is -0.142. The topological polar surface area (TPSA) is 20.3 Å². The van der Waals surface area contributed by atoms with E-state index in [4.69, 9.17) is 0 Å². The van der Waals surface area contributed by atoms with Crippen molar-refractivity contribution < 1.29 is 9.28 Å². The Hall–Kier alpha value is -1.38. The zero-order valence-electron chi connectivity index (χ0n) is 6.33. The first-order valence-corrected chi connectivity index (χ1v) is 3.68. The minimum atomic E-state index is -0.506. The van der Waals surface area contributed by atoms with Gasteiger partial charge in [-0.2, -0.15) is 5.12 Å². The molecule has 0 bridgehead atoms. The molecule has 0 unspecified atom stereocenters. The van der Waals surface area contributed by atoms with Gasteiger partial charge in [0.2, 0.25) is 0 Å². The van der Waals surface area contributed by atoms with Gasteiger partial charge in [-0.25, -0.2) is 0 Å². The highest BCUT2D eigenvalue weighted by atomic mass is 19.2. The van der Waals surface area contributed by atoms with Crippen LogP contribution in [0.4, 0.5) is 4.48 Å². The standard InChI is InChI=1S/C9H7FNO/c10-11-6-8-4-2-1-3-7(8)5-9(11)12/h1-4,6H,5H2. The first kappa shape index (κ1) is 7.28. The highest BCUT2D eigenvalue weighted by Gasteiger charge is 2.22. The highest BCUT2D eigenvalue weighted by Crippen LogP contribution is 2.20. The minimum Gasteiger partial charge on any atom is -0.272 e. The molecule has 1 aromatic carbocycles. The van der Waals surface area contributed by atoms with Gasteiger partial charge in [0.25, 0.3) is 5.91 Å². The lowest BCUT2D eigenvalue weighted by Gasteiger charge is -2.19. The predicted molar refractivity (Wildman–Crippen MR) is 41.5 cm³/mol. The molecule has 1 aliphatic heterocycles. The average molecular weight is 164 g/mol. The number of carbonyl (C=O) groups is 1. The van der Waals surface area contributed by atoms with E-state index in [2.05, 4.69) is 0 Å². The maximum absolute atomic E-state index is 12.7. The van der Waals surface area contributed by atoms with Crippen molar-refractivity contribution >= 4 is 5.91 Å². The average Bonchev–Trinajstić information content (AvgIpc) is 2.07. The van der Waals surface area contributed by atoms with Crippen LogP contribution in [0.3, 0.4) is 0 Å². The fraction of sp³-hybridized carbons (Fsp3) is 0.111. The van der Waals surface area contributed by atoms with E-state index >= 15 is 0 Å². The fourth-order valence-electron chi connectivity index (χ4n) is 1.25. The van der Waals surface area contributed by atoms with Gasteiger partial charge in [0, 0.05) is 0 Å². The first-order valence-electron chi connectivity index (χ1n) is 3.68. The van der Waals surface area contributed by atoms with Gasteiger partial charge in [-0.15, -0.1) is 0 Å². The summed E-state index contributed by atoms with van der Waals surface area (Å²) in [4.78, 5) is 10.9. The number of hydrogen-bond acceptors (Lipinski definition) is 1. The van der Waals surface area contributed by atoms with E-state index in [1.165, 1.54) is 6.54 Å². The summed E-state index contributed by atoms with van der Waals surface area (Å²) in [6.07, 6.45) is 0.156. The van der Waals surface area contributed by atoms with Crippen LogP contribution in [0.25, 0.3) is 0 Å². The Balaban J connectivity index is 2.40. The van der Waals surface area contributed by atoms with Gasteiger partial charge in [-0.3, -0.25) is 4.79 Å². The van der Waals surface area contributed by atoms with Gasteiger partial charge < -0.3 is 0 Å². The maximum atomic E-state index is 12.7. The van der Waals surface area contributed by atoms with Crippen LogP contribution in [-0.4, -0.2) is 11.0 Å². The minimum absolute atomic E-state index is 0.141.